The summed E-state index contributed by atoms with van der Waals surface area (Å²) in [6.07, 6.45) is 34.8. The molecule has 246 valence electrons. The second-order valence-corrected chi connectivity index (χ2v) is 16.1. The van der Waals surface area contributed by atoms with Crippen molar-refractivity contribution >= 4 is 33.1 Å². The molecule has 0 saturated heterocycles. The molecule has 0 atom stereocenters. The molecule has 0 aromatic heterocycles. The number of hydrogen-bond acceptors (Lipinski definition) is 2. The number of rotatable bonds is 30. The van der Waals surface area contributed by atoms with Gasteiger partial charge in [-0.15, -0.1) is 0 Å². The van der Waals surface area contributed by atoms with Crippen molar-refractivity contribution in [1.82, 2.24) is 0 Å². The fraction of sp³-hybridized carbons (Fsp3) is 0.944. The van der Waals surface area contributed by atoms with Crippen LogP contribution in [0.4, 0.5) is 0 Å². The van der Waals surface area contributed by atoms with Crippen LogP contribution < -0.4 is 0 Å². The van der Waals surface area contributed by atoms with E-state index in [0.29, 0.717) is 12.8 Å². The Kier molecular flexibility index (Phi) is 48.7. The number of carboxylic acid groups (broad SMARTS) is 2. The van der Waals surface area contributed by atoms with Gasteiger partial charge >= 0.3 is 107 Å². The molecule has 0 bridgehead atoms. The predicted octanol–water partition coefficient (Wildman–Crippen LogP) is 12.7. The zero-order chi connectivity index (χ0) is 31.1. The van der Waals surface area contributed by atoms with Crippen molar-refractivity contribution in [3.05, 3.63) is 0 Å². The van der Waals surface area contributed by atoms with Crippen molar-refractivity contribution in [3.8, 4) is 0 Å². The van der Waals surface area contributed by atoms with Gasteiger partial charge in [-0.1, -0.05) is 117 Å². The van der Waals surface area contributed by atoms with Crippen molar-refractivity contribution in [2.24, 2.45) is 0 Å². The molecule has 0 rings (SSSR count). The molecule has 0 fully saturated rings. The van der Waals surface area contributed by atoms with Crippen LogP contribution in [0.3, 0.4) is 0 Å². The van der Waals surface area contributed by atoms with Crippen LogP contribution in [0.5, 0.6) is 0 Å². The Morgan fingerprint density at radius 2 is 0.585 bits per heavy atom. The van der Waals surface area contributed by atoms with E-state index in [1.807, 2.05) is 0 Å². The monoisotopic (exact) mass is 690 g/mol. The fourth-order valence-corrected chi connectivity index (χ4v) is 8.22. The van der Waals surface area contributed by atoms with Gasteiger partial charge in [0.25, 0.3) is 0 Å². The number of hydrogen-bond donors (Lipinski definition) is 2. The van der Waals surface area contributed by atoms with Crippen LogP contribution in [0.2, 0.25) is 8.87 Å². The van der Waals surface area contributed by atoms with Gasteiger partial charge in [0.05, 0.1) is 0 Å². The maximum atomic E-state index is 10.2. The van der Waals surface area contributed by atoms with Crippen molar-refractivity contribution in [2.75, 3.05) is 0 Å². The van der Waals surface area contributed by atoms with Crippen molar-refractivity contribution in [3.63, 3.8) is 0 Å². The molecule has 0 saturated carbocycles. The van der Waals surface area contributed by atoms with Gasteiger partial charge in [0.1, 0.15) is 0 Å². The van der Waals surface area contributed by atoms with E-state index in [9.17, 15) is 9.59 Å². The zero-order valence-corrected chi connectivity index (χ0v) is 31.3. The quantitative estimate of drug-likeness (QED) is 0.0581. The van der Waals surface area contributed by atoms with E-state index in [-0.39, 0.29) is 21.1 Å². The fourth-order valence-electron chi connectivity index (χ4n) is 4.65. The molecule has 0 aliphatic carbocycles. The second-order valence-electron chi connectivity index (χ2n) is 11.8. The third-order valence-electron chi connectivity index (χ3n) is 7.40. The first-order chi connectivity index (χ1) is 20.0. The summed E-state index contributed by atoms with van der Waals surface area (Å²) in [5.74, 6) is -1.32. The summed E-state index contributed by atoms with van der Waals surface area (Å²) in [4.78, 5) is 20.4. The van der Waals surface area contributed by atoms with Crippen LogP contribution in [0.25, 0.3) is 0 Å². The first-order valence-corrected chi connectivity index (χ1v) is 22.1. The van der Waals surface area contributed by atoms with E-state index in [1.165, 1.54) is 128 Å². The predicted molar refractivity (Wildman–Crippen MR) is 183 cm³/mol. The van der Waals surface area contributed by atoms with Gasteiger partial charge in [-0.3, -0.25) is 9.59 Å². The first kappa shape index (κ1) is 45.2. The van der Waals surface area contributed by atoms with Gasteiger partial charge in [-0.25, -0.2) is 0 Å². The summed E-state index contributed by atoms with van der Waals surface area (Å²) in [5.41, 5.74) is 0. The van der Waals surface area contributed by atoms with E-state index >= 15 is 0 Å². The summed E-state index contributed by atoms with van der Waals surface area (Å²) in [7, 11) is 0. The number of carboxylic acids is 2. The molecule has 0 aliphatic rings. The van der Waals surface area contributed by atoms with Gasteiger partial charge in [-0.2, -0.15) is 0 Å². The van der Waals surface area contributed by atoms with E-state index < -0.39 is 11.9 Å². The summed E-state index contributed by atoms with van der Waals surface area (Å²) in [6, 6.07) is 0. The van der Waals surface area contributed by atoms with Crippen LogP contribution in [0.15, 0.2) is 0 Å². The van der Waals surface area contributed by atoms with Gasteiger partial charge in [-0.05, 0) is 12.8 Å². The minimum absolute atomic E-state index is 0.104. The average molecular weight is 690 g/mol. The summed E-state index contributed by atoms with van der Waals surface area (Å²) in [6.45, 7) is 9.05. The van der Waals surface area contributed by atoms with Crippen LogP contribution in [0.1, 0.15) is 207 Å². The minimum atomic E-state index is -0.659. The standard InChI is InChI=1S/2C12H24O2.2C6H13.Sn/c2*1-2-3-4-5-6-7-8-9-10-11-12(13)14;2*1-3-5-6-4-2;/h2*2-11H2,1H3,(H,13,14);2*1,3-6H2,2H3;. The average Bonchev–Trinajstić information content (AvgIpc) is 2.95. The number of unbranched alkanes of at least 4 members (excludes halogenated alkanes) is 22. The van der Waals surface area contributed by atoms with Crippen LogP contribution in [-0.2, 0) is 9.59 Å². The summed E-state index contributed by atoms with van der Waals surface area (Å²) in [5, 5.41) is 16.8. The Morgan fingerprint density at radius 1 is 0.366 bits per heavy atom. The van der Waals surface area contributed by atoms with E-state index in [2.05, 4.69) is 27.7 Å². The molecule has 4 nitrogen and oxygen atoms in total. The molecule has 0 spiro atoms. The van der Waals surface area contributed by atoms with Crippen LogP contribution in [-0.4, -0.2) is 43.3 Å². The molecule has 0 unspecified atom stereocenters. The molecular formula is C36H74O4Sn. The molecule has 2 radical (unpaired) electrons. The van der Waals surface area contributed by atoms with E-state index in [4.69, 9.17) is 10.2 Å². The number of carbonyl (C=O) groups is 2. The molecule has 0 aromatic rings. The molecular weight excluding hydrogens is 615 g/mol. The van der Waals surface area contributed by atoms with Gasteiger partial charge in [0.15, 0.2) is 0 Å². The van der Waals surface area contributed by atoms with Crippen molar-refractivity contribution in [2.45, 2.75) is 216 Å². The second kappa shape index (κ2) is 44.2. The van der Waals surface area contributed by atoms with Gasteiger partial charge < -0.3 is 10.2 Å². The molecule has 41 heavy (non-hydrogen) atoms. The summed E-state index contributed by atoms with van der Waals surface area (Å²) < 4.78 is 3.30. The molecule has 0 aliphatic heterocycles. The third kappa shape index (κ3) is 56.2. The number of aliphatic carboxylic acids is 2. The van der Waals surface area contributed by atoms with Crippen LogP contribution >= 0.6 is 0 Å². The Labute approximate surface area is 268 Å². The van der Waals surface area contributed by atoms with E-state index in [0.717, 1.165) is 25.7 Å². The Bertz CT molecular complexity index is 442. The Hall–Kier alpha value is -0.261. The topological polar surface area (TPSA) is 74.6 Å². The maximum absolute atomic E-state index is 10.2. The normalized spacial score (nSPS) is 10.4. The molecule has 0 amide bonds. The molecule has 2 N–H and O–H groups in total. The Morgan fingerprint density at radius 3 is 0.829 bits per heavy atom. The zero-order valence-electron chi connectivity index (χ0n) is 28.4. The molecule has 0 heterocycles. The van der Waals surface area contributed by atoms with E-state index in [1.54, 1.807) is 21.7 Å². The SMILES string of the molecule is CCCCCCCCCCCC(=O)O.CCCCCCCCCCCC(=O)O.CCCCC[CH2][Sn][CH2]CCCCC. The third-order valence-corrected chi connectivity index (χ3v) is 11.4. The van der Waals surface area contributed by atoms with Gasteiger partial charge in [0.2, 0.25) is 0 Å². The van der Waals surface area contributed by atoms with Gasteiger partial charge in [0, 0.05) is 12.8 Å². The van der Waals surface area contributed by atoms with Crippen LogP contribution in [0, 0.1) is 0 Å². The molecule has 5 heteroatoms. The Balaban J connectivity index is -0.000000529. The van der Waals surface area contributed by atoms with Crippen molar-refractivity contribution < 1.29 is 19.8 Å². The summed E-state index contributed by atoms with van der Waals surface area (Å²) >= 11 is 0.104. The molecule has 0 aromatic carbocycles. The van der Waals surface area contributed by atoms with Crippen molar-refractivity contribution in [1.29, 1.82) is 0 Å². The first-order valence-electron chi connectivity index (χ1n) is 18.1.